The second-order valence-corrected chi connectivity index (χ2v) is 7.40. The van der Waals surface area contributed by atoms with Crippen molar-refractivity contribution in [2.24, 2.45) is 0 Å². The lowest BCUT2D eigenvalue weighted by molar-refractivity contribution is -0.383. The average molecular weight is 442 g/mol. The van der Waals surface area contributed by atoms with Gasteiger partial charge >= 0.3 is 5.97 Å². The first-order chi connectivity index (χ1) is 14.7. The minimum atomic E-state index is -0.846. The Balaban J connectivity index is 1.73. The zero-order valence-electron chi connectivity index (χ0n) is 16.9. The van der Waals surface area contributed by atoms with E-state index in [2.05, 4.69) is 0 Å². The lowest BCUT2D eigenvalue weighted by Crippen LogP contribution is -2.15. The van der Waals surface area contributed by atoms with E-state index in [0.29, 0.717) is 17.1 Å². The maximum Gasteiger partial charge on any atom is 0.338 e. The molecule has 8 nitrogen and oxygen atoms in total. The van der Waals surface area contributed by atoms with E-state index in [1.807, 2.05) is 36.6 Å². The number of hydrogen-bond acceptors (Lipinski definition) is 6. The molecule has 0 aliphatic carbocycles. The van der Waals surface area contributed by atoms with Gasteiger partial charge in [0.25, 0.3) is 5.69 Å². The smallest absolute Gasteiger partial charge is 0.338 e. The molecule has 160 valence electrons. The molecule has 1 heterocycles. The third-order valence-corrected chi connectivity index (χ3v) is 5.33. The fourth-order valence-corrected chi connectivity index (χ4v) is 3.44. The minimum absolute atomic E-state index is 0.0575. The molecule has 1 aromatic heterocycles. The third-order valence-electron chi connectivity index (χ3n) is 4.96. The molecule has 0 aliphatic heterocycles. The molecule has 3 aromatic rings. The van der Waals surface area contributed by atoms with E-state index in [-0.39, 0.29) is 17.0 Å². The number of carbonyl (C=O) groups excluding carboxylic acids is 2. The van der Waals surface area contributed by atoms with E-state index in [9.17, 15) is 19.7 Å². The van der Waals surface area contributed by atoms with Crippen LogP contribution in [0.1, 0.15) is 37.7 Å². The van der Waals surface area contributed by atoms with Crippen LogP contribution in [0.4, 0.5) is 11.4 Å². The Morgan fingerprint density at radius 3 is 2.55 bits per heavy atom. The Morgan fingerprint density at radius 2 is 1.87 bits per heavy atom. The standard InChI is InChI=1S/C22H20ClN3O5/c1-13-9-17(14(2)25(13)11-16-5-3-4-6-18(16)23)21(27)12-31-22(28)15-7-8-19(24)20(10-15)26(29)30/h3-10H,11-12,24H2,1-2H3. The summed E-state index contributed by atoms with van der Waals surface area (Å²) in [5, 5.41) is 11.6. The molecule has 31 heavy (non-hydrogen) atoms. The number of nitro groups is 1. The van der Waals surface area contributed by atoms with Crippen molar-refractivity contribution in [3.63, 3.8) is 0 Å². The number of nitrogens with zero attached hydrogens (tertiary/aromatic N) is 2. The van der Waals surface area contributed by atoms with Crippen molar-refractivity contribution in [2.45, 2.75) is 20.4 Å². The van der Waals surface area contributed by atoms with Gasteiger partial charge in [-0.15, -0.1) is 0 Å². The van der Waals surface area contributed by atoms with Gasteiger partial charge in [0.2, 0.25) is 5.78 Å². The molecule has 3 rings (SSSR count). The number of esters is 1. The monoisotopic (exact) mass is 441 g/mol. The average Bonchev–Trinajstić information content (AvgIpc) is 3.01. The normalized spacial score (nSPS) is 10.7. The highest BCUT2D eigenvalue weighted by molar-refractivity contribution is 6.31. The van der Waals surface area contributed by atoms with Gasteiger partial charge in [-0.05, 0) is 43.7 Å². The third kappa shape index (κ3) is 4.75. The van der Waals surface area contributed by atoms with Crippen molar-refractivity contribution >= 4 is 34.7 Å². The first-order valence-electron chi connectivity index (χ1n) is 9.33. The molecule has 0 amide bonds. The van der Waals surface area contributed by atoms with Gasteiger partial charge < -0.3 is 15.0 Å². The molecule has 0 aliphatic rings. The predicted octanol–water partition coefficient (Wildman–Crippen LogP) is 4.34. The maximum atomic E-state index is 12.7. The molecular weight excluding hydrogens is 422 g/mol. The summed E-state index contributed by atoms with van der Waals surface area (Å²) in [4.78, 5) is 35.2. The van der Waals surface area contributed by atoms with Crippen LogP contribution >= 0.6 is 11.6 Å². The van der Waals surface area contributed by atoms with Crippen LogP contribution in [0.2, 0.25) is 5.02 Å². The largest absolute Gasteiger partial charge is 0.454 e. The first kappa shape index (κ1) is 22.0. The summed E-state index contributed by atoms with van der Waals surface area (Å²) in [5.74, 6) is -1.22. The molecule has 0 bridgehead atoms. The van der Waals surface area contributed by atoms with Gasteiger partial charge in [0.05, 0.1) is 10.5 Å². The number of aryl methyl sites for hydroxylation is 1. The molecule has 0 saturated heterocycles. The topological polar surface area (TPSA) is 117 Å². The number of ether oxygens (including phenoxy) is 1. The van der Waals surface area contributed by atoms with E-state index in [4.69, 9.17) is 22.1 Å². The SMILES string of the molecule is Cc1cc(C(=O)COC(=O)c2ccc(N)c([N+](=O)[O-])c2)c(C)n1Cc1ccccc1Cl. The molecule has 2 aromatic carbocycles. The number of benzene rings is 2. The van der Waals surface area contributed by atoms with Gasteiger partial charge in [-0.2, -0.15) is 0 Å². The number of nitrogen functional groups attached to an aromatic ring is 1. The molecule has 0 spiro atoms. The van der Waals surface area contributed by atoms with Crippen molar-refractivity contribution in [3.05, 3.63) is 91.7 Å². The van der Waals surface area contributed by atoms with Gasteiger partial charge in [0.15, 0.2) is 6.61 Å². The van der Waals surface area contributed by atoms with Gasteiger partial charge in [0.1, 0.15) is 5.69 Å². The molecule has 0 unspecified atom stereocenters. The maximum absolute atomic E-state index is 12.7. The summed E-state index contributed by atoms with van der Waals surface area (Å²) < 4.78 is 7.04. The minimum Gasteiger partial charge on any atom is -0.454 e. The Labute approximate surface area is 183 Å². The molecule has 0 saturated carbocycles. The van der Waals surface area contributed by atoms with Crippen molar-refractivity contribution in [1.29, 1.82) is 0 Å². The Bertz CT molecular complexity index is 1190. The number of anilines is 1. The number of rotatable bonds is 7. The van der Waals surface area contributed by atoms with Crippen molar-refractivity contribution in [2.75, 3.05) is 12.3 Å². The van der Waals surface area contributed by atoms with Crippen molar-refractivity contribution < 1.29 is 19.2 Å². The lowest BCUT2D eigenvalue weighted by atomic mass is 10.1. The van der Waals surface area contributed by atoms with Crippen LogP contribution in [0.3, 0.4) is 0 Å². The highest BCUT2D eigenvalue weighted by Gasteiger charge is 2.20. The van der Waals surface area contributed by atoms with Crippen LogP contribution in [-0.2, 0) is 11.3 Å². The summed E-state index contributed by atoms with van der Waals surface area (Å²) in [6.45, 7) is 3.69. The van der Waals surface area contributed by atoms with Crippen molar-refractivity contribution in [1.82, 2.24) is 4.57 Å². The molecule has 0 radical (unpaired) electrons. The number of hydrogen-bond donors (Lipinski definition) is 1. The Kier molecular flexibility index (Phi) is 6.41. The zero-order chi connectivity index (χ0) is 22.7. The van der Waals surface area contributed by atoms with Gasteiger partial charge in [-0.25, -0.2) is 4.79 Å². The number of nitro benzene ring substituents is 1. The molecule has 2 N–H and O–H groups in total. The molecule has 9 heteroatoms. The Hall–Kier alpha value is -3.65. The van der Waals surface area contributed by atoms with Gasteiger partial charge in [0, 0.05) is 34.6 Å². The van der Waals surface area contributed by atoms with Crippen molar-refractivity contribution in [3.8, 4) is 0 Å². The summed E-state index contributed by atoms with van der Waals surface area (Å²) >= 11 is 6.24. The predicted molar refractivity (Wildman–Crippen MR) is 117 cm³/mol. The quantitative estimate of drug-likeness (QED) is 0.191. The van der Waals surface area contributed by atoms with E-state index in [1.165, 1.54) is 12.1 Å². The van der Waals surface area contributed by atoms with Crippen LogP contribution in [-0.4, -0.2) is 27.8 Å². The van der Waals surface area contributed by atoms with Crippen LogP contribution in [0, 0.1) is 24.0 Å². The van der Waals surface area contributed by atoms with Gasteiger partial charge in [-0.1, -0.05) is 29.8 Å². The number of aromatic nitrogens is 1. The van der Waals surface area contributed by atoms with Gasteiger partial charge in [-0.3, -0.25) is 14.9 Å². The van der Waals surface area contributed by atoms with Crippen LogP contribution < -0.4 is 5.73 Å². The van der Waals surface area contributed by atoms with E-state index < -0.39 is 23.2 Å². The summed E-state index contributed by atoms with van der Waals surface area (Å²) in [6.07, 6.45) is 0. The second-order valence-electron chi connectivity index (χ2n) is 6.99. The fraction of sp³-hybridized carbons (Fsp3) is 0.182. The highest BCUT2D eigenvalue weighted by atomic mass is 35.5. The molecular formula is C22H20ClN3O5. The number of carbonyl (C=O) groups is 2. The van der Waals surface area contributed by atoms with Crippen LogP contribution in [0.5, 0.6) is 0 Å². The van der Waals surface area contributed by atoms with Crippen LogP contribution in [0.15, 0.2) is 48.5 Å². The molecule has 0 atom stereocenters. The lowest BCUT2D eigenvalue weighted by Gasteiger charge is -2.11. The van der Waals surface area contributed by atoms with Crippen LogP contribution in [0.25, 0.3) is 0 Å². The summed E-state index contributed by atoms with van der Waals surface area (Å²) in [7, 11) is 0. The van der Waals surface area contributed by atoms with E-state index in [0.717, 1.165) is 23.0 Å². The van der Waals surface area contributed by atoms with E-state index >= 15 is 0 Å². The number of Topliss-reactive ketones (excluding diaryl/α,β-unsaturated/α-hetero) is 1. The van der Waals surface area contributed by atoms with E-state index in [1.54, 1.807) is 12.1 Å². The number of ketones is 1. The highest BCUT2D eigenvalue weighted by Crippen LogP contribution is 2.24. The zero-order valence-corrected chi connectivity index (χ0v) is 17.7. The number of nitrogens with two attached hydrogens (primary N) is 1. The Morgan fingerprint density at radius 1 is 1.16 bits per heavy atom. The second kappa shape index (κ2) is 9.01. The molecule has 0 fully saturated rings. The number of halogens is 1. The fourth-order valence-electron chi connectivity index (χ4n) is 3.24. The first-order valence-corrected chi connectivity index (χ1v) is 9.71. The summed E-state index contributed by atoms with van der Waals surface area (Å²) in [6, 6.07) is 12.8. The summed E-state index contributed by atoms with van der Waals surface area (Å²) in [5.41, 5.74) is 7.94.